The van der Waals surface area contributed by atoms with Crippen LogP contribution in [0.2, 0.25) is 0 Å². The van der Waals surface area contributed by atoms with Gasteiger partial charge < -0.3 is 13.6 Å². The molecule has 222 valence electrons. The van der Waals surface area contributed by atoms with Crippen LogP contribution in [0.3, 0.4) is 0 Å². The van der Waals surface area contributed by atoms with Crippen LogP contribution >= 0.6 is 11.3 Å². The molecule has 4 aromatic heterocycles. The van der Waals surface area contributed by atoms with E-state index in [1.54, 1.807) is 0 Å². The predicted octanol–water partition coefficient (Wildman–Crippen LogP) is 12.7. The number of fused-ring (bicyclic) bond motifs is 12. The van der Waals surface area contributed by atoms with Gasteiger partial charge in [0.1, 0.15) is 11.2 Å². The fourth-order valence-corrected chi connectivity index (χ4v) is 8.93. The van der Waals surface area contributed by atoms with E-state index in [0.717, 1.165) is 55.1 Å². The molecule has 11 aromatic rings. The molecule has 0 N–H and O–H groups in total. The van der Waals surface area contributed by atoms with Gasteiger partial charge in [0.25, 0.3) is 0 Å². The zero-order valence-electron chi connectivity index (χ0n) is 25.4. The average molecular weight is 630 g/mol. The van der Waals surface area contributed by atoms with E-state index in [9.17, 15) is 0 Å². The van der Waals surface area contributed by atoms with Gasteiger partial charge in [-0.15, -0.1) is 11.3 Å². The number of para-hydroxylation sites is 2. The number of hydrogen-bond donors (Lipinski definition) is 0. The Bertz CT molecular complexity index is 3200. The molecule has 0 unspecified atom stereocenters. The maximum atomic E-state index is 7.57. The molecular weight excluding hydrogens is 607 g/mol. The van der Waals surface area contributed by atoms with Gasteiger partial charge in [0, 0.05) is 58.5 Å². The Morgan fingerprint density at radius 1 is 0.438 bits per heavy atom. The third kappa shape index (κ3) is 3.42. The number of furan rings is 1. The lowest BCUT2D eigenvalue weighted by Crippen LogP contribution is -1.94. The maximum Gasteiger partial charge on any atom is 0.188 e. The standard InChI is InChI=1S/C43H23N3OS/c1-44-25-14-17-38-31(20-25)28-8-2-5-11-36(28)45(38)26-15-18-40-33(21-26)34-22-27(16-19-41(34)47-40)46-37-12-6-3-9-29(37)32-23-35-30-10-4-7-13-42(30)48-43(35)24-39(32)46/h2-24H. The first-order valence-corrected chi connectivity index (χ1v) is 16.8. The molecule has 0 radical (unpaired) electrons. The van der Waals surface area contributed by atoms with Crippen molar-refractivity contribution in [1.82, 2.24) is 9.13 Å². The van der Waals surface area contributed by atoms with Gasteiger partial charge in [-0.3, -0.25) is 0 Å². The van der Waals surface area contributed by atoms with Crippen molar-refractivity contribution < 1.29 is 4.42 Å². The van der Waals surface area contributed by atoms with Crippen LogP contribution in [0.4, 0.5) is 5.69 Å². The molecule has 4 heterocycles. The zero-order valence-corrected chi connectivity index (χ0v) is 26.3. The molecule has 0 bridgehead atoms. The summed E-state index contributed by atoms with van der Waals surface area (Å²) in [6.45, 7) is 7.57. The maximum absolute atomic E-state index is 7.57. The lowest BCUT2D eigenvalue weighted by atomic mass is 10.1. The normalized spacial score (nSPS) is 12.1. The molecule has 0 aliphatic rings. The predicted molar refractivity (Wildman–Crippen MR) is 202 cm³/mol. The van der Waals surface area contributed by atoms with Crippen LogP contribution < -0.4 is 0 Å². The Kier molecular flexibility index (Phi) is 5.03. The Labute approximate surface area is 277 Å². The first kappa shape index (κ1) is 25.8. The highest BCUT2D eigenvalue weighted by molar-refractivity contribution is 7.25. The lowest BCUT2D eigenvalue weighted by Gasteiger charge is -2.09. The molecule has 5 heteroatoms. The molecule has 0 aliphatic heterocycles. The highest BCUT2D eigenvalue weighted by Crippen LogP contribution is 2.42. The quantitative estimate of drug-likeness (QED) is 0.175. The smallest absolute Gasteiger partial charge is 0.188 e. The van der Waals surface area contributed by atoms with E-state index in [4.69, 9.17) is 11.0 Å². The SMILES string of the molecule is [C-]#[N+]c1ccc2c(c1)c1ccccc1n2-c1ccc2oc3ccc(-n4c5ccccc5c5cc6c(cc54)sc4ccccc46)cc3c2c1. The summed E-state index contributed by atoms with van der Waals surface area (Å²) in [5, 5.41) is 9.49. The second-order valence-corrected chi connectivity index (χ2v) is 13.5. The summed E-state index contributed by atoms with van der Waals surface area (Å²) in [7, 11) is 0. The molecular formula is C43H23N3OS. The van der Waals surface area contributed by atoms with Crippen molar-refractivity contribution >= 4 is 103 Å². The molecule has 0 atom stereocenters. The van der Waals surface area contributed by atoms with Crippen molar-refractivity contribution in [3.05, 3.63) is 151 Å². The molecule has 0 saturated carbocycles. The van der Waals surface area contributed by atoms with Crippen LogP contribution in [0.1, 0.15) is 0 Å². The average Bonchev–Trinajstić information content (AvgIpc) is 3.87. The summed E-state index contributed by atoms with van der Waals surface area (Å²) < 4.78 is 13.7. The Morgan fingerprint density at radius 3 is 1.71 bits per heavy atom. The summed E-state index contributed by atoms with van der Waals surface area (Å²) >= 11 is 1.85. The fraction of sp³-hybridized carbons (Fsp3) is 0. The zero-order chi connectivity index (χ0) is 31.5. The fourth-order valence-electron chi connectivity index (χ4n) is 7.81. The van der Waals surface area contributed by atoms with E-state index in [2.05, 4.69) is 141 Å². The number of hydrogen-bond acceptors (Lipinski definition) is 2. The molecule has 7 aromatic carbocycles. The van der Waals surface area contributed by atoms with Crippen LogP contribution in [-0.2, 0) is 0 Å². The van der Waals surface area contributed by atoms with Gasteiger partial charge >= 0.3 is 0 Å². The number of thiophene rings is 1. The molecule has 4 nitrogen and oxygen atoms in total. The third-order valence-electron chi connectivity index (χ3n) is 9.91. The summed E-state index contributed by atoms with van der Waals surface area (Å²) in [4.78, 5) is 3.70. The largest absolute Gasteiger partial charge is 0.456 e. The number of aromatic nitrogens is 2. The monoisotopic (exact) mass is 629 g/mol. The third-order valence-corrected chi connectivity index (χ3v) is 11.0. The van der Waals surface area contributed by atoms with Gasteiger partial charge in [-0.05, 0) is 84.2 Å². The molecule has 0 saturated heterocycles. The minimum absolute atomic E-state index is 0.646. The molecule has 11 rings (SSSR count). The van der Waals surface area contributed by atoms with Gasteiger partial charge in [-0.25, -0.2) is 4.85 Å². The van der Waals surface area contributed by atoms with E-state index < -0.39 is 0 Å². The molecule has 0 spiro atoms. The van der Waals surface area contributed by atoms with Crippen molar-refractivity contribution in [1.29, 1.82) is 0 Å². The summed E-state index contributed by atoms with van der Waals surface area (Å²) in [5.41, 5.74) is 9.10. The van der Waals surface area contributed by atoms with Crippen molar-refractivity contribution in [2.24, 2.45) is 0 Å². The number of nitrogens with zero attached hydrogens (tertiary/aromatic N) is 3. The van der Waals surface area contributed by atoms with Gasteiger partial charge in [-0.2, -0.15) is 0 Å². The number of rotatable bonds is 2. The van der Waals surface area contributed by atoms with Crippen LogP contribution in [0.5, 0.6) is 0 Å². The molecule has 0 amide bonds. The Hall–Kier alpha value is -6.35. The van der Waals surface area contributed by atoms with Crippen LogP contribution in [0.25, 0.3) is 102 Å². The van der Waals surface area contributed by atoms with E-state index in [1.165, 1.54) is 42.0 Å². The van der Waals surface area contributed by atoms with E-state index in [-0.39, 0.29) is 0 Å². The number of benzene rings is 7. The van der Waals surface area contributed by atoms with Gasteiger partial charge in [0.15, 0.2) is 5.69 Å². The van der Waals surface area contributed by atoms with Gasteiger partial charge in [0.05, 0.1) is 28.6 Å². The van der Waals surface area contributed by atoms with E-state index in [1.807, 2.05) is 23.5 Å². The van der Waals surface area contributed by atoms with Crippen LogP contribution in [-0.4, -0.2) is 9.13 Å². The van der Waals surface area contributed by atoms with Gasteiger partial charge in [-0.1, -0.05) is 60.7 Å². The first-order chi connectivity index (χ1) is 23.7. The second kappa shape index (κ2) is 9.36. The van der Waals surface area contributed by atoms with E-state index >= 15 is 0 Å². The first-order valence-electron chi connectivity index (χ1n) is 16.0. The Balaban J connectivity index is 1.17. The van der Waals surface area contributed by atoms with Crippen molar-refractivity contribution in [3.63, 3.8) is 0 Å². The minimum atomic E-state index is 0.646. The summed E-state index contributed by atoms with van der Waals surface area (Å²) in [6, 6.07) is 49.6. The van der Waals surface area contributed by atoms with Crippen molar-refractivity contribution in [2.75, 3.05) is 0 Å². The highest BCUT2D eigenvalue weighted by atomic mass is 32.1. The van der Waals surface area contributed by atoms with Crippen LogP contribution in [0, 0.1) is 6.57 Å². The lowest BCUT2D eigenvalue weighted by molar-refractivity contribution is 0.669. The molecule has 48 heavy (non-hydrogen) atoms. The highest BCUT2D eigenvalue weighted by Gasteiger charge is 2.18. The Morgan fingerprint density at radius 2 is 1.02 bits per heavy atom. The van der Waals surface area contributed by atoms with Crippen LogP contribution in [0.15, 0.2) is 144 Å². The summed E-state index contributed by atoms with van der Waals surface area (Å²) in [5.74, 6) is 0. The van der Waals surface area contributed by atoms with E-state index in [0.29, 0.717) is 5.69 Å². The summed E-state index contributed by atoms with van der Waals surface area (Å²) in [6.07, 6.45) is 0. The molecule has 0 fully saturated rings. The molecule has 0 aliphatic carbocycles. The van der Waals surface area contributed by atoms with Crippen molar-refractivity contribution in [3.8, 4) is 11.4 Å². The minimum Gasteiger partial charge on any atom is -0.456 e. The van der Waals surface area contributed by atoms with Crippen molar-refractivity contribution in [2.45, 2.75) is 0 Å². The topological polar surface area (TPSA) is 27.4 Å². The van der Waals surface area contributed by atoms with Gasteiger partial charge in [0.2, 0.25) is 0 Å². The second-order valence-electron chi connectivity index (χ2n) is 12.4.